The number of benzene rings is 10. The van der Waals surface area contributed by atoms with Crippen molar-refractivity contribution in [1.82, 2.24) is 19.5 Å². The van der Waals surface area contributed by atoms with E-state index in [9.17, 15) is 0 Å². The van der Waals surface area contributed by atoms with Crippen molar-refractivity contribution in [1.29, 1.82) is 0 Å². The lowest BCUT2D eigenvalue weighted by Gasteiger charge is -2.39. The lowest BCUT2D eigenvalue weighted by Crippen LogP contribution is -2.32. The van der Waals surface area contributed by atoms with Crippen molar-refractivity contribution < 1.29 is 4.74 Å². The van der Waals surface area contributed by atoms with Gasteiger partial charge in [-0.3, -0.25) is 0 Å². The molecule has 338 valence electrons. The van der Waals surface area contributed by atoms with Crippen LogP contribution in [0.15, 0.2) is 231 Å². The smallest absolute Gasteiger partial charge is 0.164 e. The fraction of sp³-hybridized carbons (Fsp3) is 0.0597. The average Bonchev–Trinajstić information content (AvgIpc) is 4.01. The number of nitrogens with zero attached hydrogens (tertiary/aromatic N) is 4. The highest BCUT2D eigenvalue weighted by atomic mass is 16.5. The van der Waals surface area contributed by atoms with Crippen molar-refractivity contribution in [3.63, 3.8) is 0 Å². The Balaban J connectivity index is 0.991. The fourth-order valence-corrected chi connectivity index (χ4v) is 12.5. The molecule has 0 fully saturated rings. The van der Waals surface area contributed by atoms with Crippen LogP contribution in [0.1, 0.15) is 47.2 Å². The lowest BCUT2D eigenvalue weighted by molar-refractivity contribution is 0.436. The number of para-hydroxylation sites is 3. The topological polar surface area (TPSA) is 52.8 Å². The fourth-order valence-electron chi connectivity index (χ4n) is 12.5. The molecule has 3 heterocycles. The van der Waals surface area contributed by atoms with Crippen LogP contribution in [0.4, 0.5) is 0 Å². The van der Waals surface area contributed by atoms with E-state index < -0.39 is 5.41 Å². The molecule has 0 amide bonds. The second-order valence-electron chi connectivity index (χ2n) is 19.9. The van der Waals surface area contributed by atoms with Gasteiger partial charge in [-0.1, -0.05) is 190 Å². The molecule has 0 atom stereocenters. The SMILES string of the molecule is CC1(C)c2ccccc2-c2cc3c(cc21)c1c(-c2ccc4c(c2)C2(c5ccccc5Oc5ccccc52)c2cc(-c5nc(-c6ccccc6)nc(-c6ccccc6)n5)ccc2-4)cccc1n3-c1ccccc1. The molecule has 15 rings (SSSR count). The largest absolute Gasteiger partial charge is 0.457 e. The van der Waals surface area contributed by atoms with E-state index in [1.807, 2.05) is 36.4 Å². The van der Waals surface area contributed by atoms with Crippen LogP contribution in [-0.2, 0) is 10.8 Å². The van der Waals surface area contributed by atoms with Crippen molar-refractivity contribution in [3.05, 3.63) is 264 Å². The predicted molar refractivity (Wildman–Crippen MR) is 291 cm³/mol. The summed E-state index contributed by atoms with van der Waals surface area (Å²) in [4.78, 5) is 15.5. The standard InChI is InChI=1S/C67H44N4O/c1-66(2)52-27-13-12-25-47(52)50-40-59-51(39-55(50)66)62-46(26-18-30-58(62)71(59)45-23-10-5-11-24-45)43-33-35-48-49-36-34-44(65-69-63(41-19-6-3-7-20-41)68-64(70-65)42-21-8-4-9-22-42)38-57(49)67(56(48)37-43)53-28-14-16-31-60(53)72-61-32-17-15-29-54(61)67/h3-40H,1-2H3. The van der Waals surface area contributed by atoms with Gasteiger partial charge in [-0.05, 0) is 110 Å². The zero-order chi connectivity index (χ0) is 47.7. The van der Waals surface area contributed by atoms with Gasteiger partial charge in [0.25, 0.3) is 0 Å². The Morgan fingerprint density at radius 3 is 1.49 bits per heavy atom. The molecular weight excluding hydrogens is 877 g/mol. The summed E-state index contributed by atoms with van der Waals surface area (Å²) in [6, 6.07) is 83.1. The first-order valence-corrected chi connectivity index (χ1v) is 24.8. The molecule has 0 radical (unpaired) electrons. The molecule has 5 nitrogen and oxygen atoms in total. The van der Waals surface area contributed by atoms with Gasteiger partial charge < -0.3 is 9.30 Å². The van der Waals surface area contributed by atoms with Gasteiger partial charge in [-0.25, -0.2) is 15.0 Å². The first-order chi connectivity index (χ1) is 35.4. The van der Waals surface area contributed by atoms with Gasteiger partial charge in [-0.2, -0.15) is 0 Å². The first-order valence-electron chi connectivity index (χ1n) is 24.8. The predicted octanol–water partition coefficient (Wildman–Crippen LogP) is 16.4. The number of hydrogen-bond acceptors (Lipinski definition) is 4. The Morgan fingerprint density at radius 1 is 0.347 bits per heavy atom. The van der Waals surface area contributed by atoms with Crippen molar-refractivity contribution in [2.75, 3.05) is 0 Å². The van der Waals surface area contributed by atoms with Gasteiger partial charge in [0.1, 0.15) is 11.5 Å². The second kappa shape index (κ2) is 15.2. The number of rotatable bonds is 5. The third kappa shape index (κ3) is 5.67. The van der Waals surface area contributed by atoms with E-state index in [0.717, 1.165) is 56.1 Å². The van der Waals surface area contributed by atoms with Crippen LogP contribution < -0.4 is 4.74 Å². The van der Waals surface area contributed by atoms with Gasteiger partial charge in [-0.15, -0.1) is 0 Å². The van der Waals surface area contributed by atoms with E-state index in [1.54, 1.807) is 0 Å². The molecule has 3 aliphatic rings. The highest BCUT2D eigenvalue weighted by Gasteiger charge is 2.51. The zero-order valence-corrected chi connectivity index (χ0v) is 39.6. The molecule has 0 saturated carbocycles. The quantitative estimate of drug-likeness (QED) is 0.173. The molecule has 0 bridgehead atoms. The molecule has 0 saturated heterocycles. The van der Waals surface area contributed by atoms with Crippen LogP contribution in [0.2, 0.25) is 0 Å². The van der Waals surface area contributed by atoms with Gasteiger partial charge in [0, 0.05) is 49.7 Å². The third-order valence-electron chi connectivity index (χ3n) is 15.7. The molecule has 1 aliphatic heterocycles. The zero-order valence-electron chi connectivity index (χ0n) is 39.6. The van der Waals surface area contributed by atoms with E-state index in [0.29, 0.717) is 17.5 Å². The Hall–Kier alpha value is -9.19. The summed E-state index contributed by atoms with van der Waals surface area (Å²) in [6.45, 7) is 4.75. The monoisotopic (exact) mass is 920 g/mol. The molecule has 0 N–H and O–H groups in total. The molecule has 2 aromatic heterocycles. The van der Waals surface area contributed by atoms with Crippen LogP contribution in [0.5, 0.6) is 11.5 Å². The van der Waals surface area contributed by atoms with Crippen LogP contribution in [0.3, 0.4) is 0 Å². The van der Waals surface area contributed by atoms with Gasteiger partial charge >= 0.3 is 0 Å². The van der Waals surface area contributed by atoms with E-state index in [4.69, 9.17) is 19.7 Å². The van der Waals surface area contributed by atoms with E-state index in [1.165, 1.54) is 66.3 Å². The summed E-state index contributed by atoms with van der Waals surface area (Å²) in [7, 11) is 0. The summed E-state index contributed by atoms with van der Waals surface area (Å²) in [5.41, 5.74) is 20.0. The maximum atomic E-state index is 6.85. The van der Waals surface area contributed by atoms with Crippen LogP contribution >= 0.6 is 0 Å². The van der Waals surface area contributed by atoms with Gasteiger partial charge in [0.2, 0.25) is 0 Å². The summed E-state index contributed by atoms with van der Waals surface area (Å²) in [6.07, 6.45) is 0. The molecule has 72 heavy (non-hydrogen) atoms. The molecular formula is C67H44N4O. The highest BCUT2D eigenvalue weighted by Crippen LogP contribution is 2.63. The average molecular weight is 921 g/mol. The maximum Gasteiger partial charge on any atom is 0.164 e. The maximum absolute atomic E-state index is 6.85. The van der Waals surface area contributed by atoms with Crippen molar-refractivity contribution >= 4 is 21.8 Å². The summed E-state index contributed by atoms with van der Waals surface area (Å²) < 4.78 is 9.31. The van der Waals surface area contributed by atoms with E-state index in [-0.39, 0.29) is 5.41 Å². The van der Waals surface area contributed by atoms with Gasteiger partial charge in [0.15, 0.2) is 17.5 Å². The Labute approximate surface area is 417 Å². The summed E-state index contributed by atoms with van der Waals surface area (Å²) >= 11 is 0. The normalized spacial score (nSPS) is 14.0. The Kier molecular flexibility index (Phi) is 8.56. The van der Waals surface area contributed by atoms with Crippen LogP contribution in [-0.4, -0.2) is 19.5 Å². The van der Waals surface area contributed by atoms with Crippen molar-refractivity contribution in [3.8, 4) is 84.7 Å². The number of hydrogen-bond donors (Lipinski definition) is 0. The molecule has 10 aromatic carbocycles. The molecule has 12 aromatic rings. The van der Waals surface area contributed by atoms with E-state index in [2.05, 4.69) is 213 Å². The Bertz CT molecular complexity index is 4110. The van der Waals surface area contributed by atoms with Crippen LogP contribution in [0, 0.1) is 0 Å². The molecule has 5 heteroatoms. The lowest BCUT2D eigenvalue weighted by atomic mass is 9.65. The minimum absolute atomic E-state index is 0.155. The minimum atomic E-state index is -0.748. The number of aromatic nitrogens is 4. The first kappa shape index (κ1) is 40.7. The Morgan fingerprint density at radius 2 is 0.847 bits per heavy atom. The number of ether oxygens (including phenoxy) is 1. The van der Waals surface area contributed by atoms with Gasteiger partial charge in [0.05, 0.1) is 16.4 Å². The summed E-state index contributed by atoms with van der Waals surface area (Å²) in [5, 5.41) is 2.49. The molecule has 1 spiro atoms. The van der Waals surface area contributed by atoms with Crippen LogP contribution in [0.25, 0.3) is 95.0 Å². The summed E-state index contributed by atoms with van der Waals surface area (Å²) in [5.74, 6) is 3.56. The minimum Gasteiger partial charge on any atom is -0.457 e. The van der Waals surface area contributed by atoms with E-state index >= 15 is 0 Å². The third-order valence-corrected chi connectivity index (χ3v) is 15.7. The van der Waals surface area contributed by atoms with Crippen molar-refractivity contribution in [2.45, 2.75) is 24.7 Å². The molecule has 0 unspecified atom stereocenters. The number of fused-ring (bicyclic) bond motifs is 15. The molecule has 2 aliphatic carbocycles. The highest BCUT2D eigenvalue weighted by molar-refractivity contribution is 6.17. The van der Waals surface area contributed by atoms with Crippen molar-refractivity contribution in [2.24, 2.45) is 0 Å². The second-order valence-corrected chi connectivity index (χ2v) is 19.9.